The Hall–Kier alpha value is -2.83. The molecular formula is C14H16N4O3. The van der Waals surface area contributed by atoms with Gasteiger partial charge >= 0.3 is 5.97 Å². The largest absolute Gasteiger partial charge is 0.480 e. The number of amides is 1. The molecule has 0 aliphatic carbocycles. The standard InChI is InChI=1S/C14H16N4O3/c1-3-6-18(10-12(19)20)14(21)11-9-15-16(2)13(11)17-7-4-5-8-17/h3-5,7-9H,1,6,10H2,2H3,(H,19,20). The molecule has 21 heavy (non-hydrogen) atoms. The summed E-state index contributed by atoms with van der Waals surface area (Å²) in [7, 11) is 1.72. The summed E-state index contributed by atoms with van der Waals surface area (Å²) in [5.41, 5.74) is 0.344. The minimum absolute atomic E-state index is 0.158. The zero-order valence-corrected chi connectivity index (χ0v) is 11.6. The molecular weight excluding hydrogens is 272 g/mol. The summed E-state index contributed by atoms with van der Waals surface area (Å²) in [6.07, 6.45) is 6.52. The van der Waals surface area contributed by atoms with E-state index in [1.807, 2.05) is 12.1 Å². The number of hydrogen-bond donors (Lipinski definition) is 1. The van der Waals surface area contributed by atoms with Gasteiger partial charge in [0.1, 0.15) is 17.9 Å². The normalized spacial score (nSPS) is 10.3. The predicted molar refractivity (Wildman–Crippen MR) is 76.3 cm³/mol. The fourth-order valence-corrected chi connectivity index (χ4v) is 2.07. The first-order chi connectivity index (χ1) is 10.0. The molecule has 0 bridgehead atoms. The van der Waals surface area contributed by atoms with Gasteiger partial charge in [-0.25, -0.2) is 0 Å². The third-order valence-corrected chi connectivity index (χ3v) is 2.95. The van der Waals surface area contributed by atoms with Crippen LogP contribution in [-0.4, -0.2) is 49.3 Å². The molecule has 0 atom stereocenters. The Morgan fingerprint density at radius 2 is 2.10 bits per heavy atom. The summed E-state index contributed by atoms with van der Waals surface area (Å²) in [5.74, 6) is -0.879. The van der Waals surface area contributed by atoms with E-state index in [0.717, 1.165) is 0 Å². The molecule has 0 radical (unpaired) electrons. The first kappa shape index (κ1) is 14.6. The molecule has 2 heterocycles. The number of rotatable bonds is 6. The number of carboxylic acid groups (broad SMARTS) is 1. The second-order valence-corrected chi connectivity index (χ2v) is 4.46. The number of aliphatic carboxylic acids is 1. The molecule has 1 N–H and O–H groups in total. The number of carbonyl (C=O) groups excluding carboxylic acids is 1. The van der Waals surface area contributed by atoms with Crippen molar-refractivity contribution in [2.24, 2.45) is 7.05 Å². The maximum atomic E-state index is 12.5. The van der Waals surface area contributed by atoms with Crippen LogP contribution >= 0.6 is 0 Å². The van der Waals surface area contributed by atoms with Crippen LogP contribution < -0.4 is 0 Å². The van der Waals surface area contributed by atoms with Crippen LogP contribution in [0.1, 0.15) is 10.4 Å². The summed E-state index contributed by atoms with van der Waals surface area (Å²) in [5, 5.41) is 13.0. The summed E-state index contributed by atoms with van der Waals surface area (Å²) < 4.78 is 3.33. The number of carboxylic acids is 1. The molecule has 0 aromatic carbocycles. The molecule has 110 valence electrons. The Balaban J connectivity index is 2.39. The van der Waals surface area contributed by atoms with E-state index in [2.05, 4.69) is 11.7 Å². The van der Waals surface area contributed by atoms with Crippen molar-refractivity contribution < 1.29 is 14.7 Å². The van der Waals surface area contributed by atoms with Crippen LogP contribution in [-0.2, 0) is 11.8 Å². The van der Waals surface area contributed by atoms with Gasteiger partial charge in [-0.15, -0.1) is 6.58 Å². The molecule has 0 aliphatic rings. The summed E-state index contributed by atoms with van der Waals surface area (Å²) in [6.45, 7) is 3.32. The van der Waals surface area contributed by atoms with Gasteiger partial charge in [-0.2, -0.15) is 5.10 Å². The third kappa shape index (κ3) is 3.02. The number of nitrogens with zero attached hydrogens (tertiary/aromatic N) is 4. The van der Waals surface area contributed by atoms with Gasteiger partial charge in [-0.05, 0) is 12.1 Å². The minimum atomic E-state index is -1.07. The van der Waals surface area contributed by atoms with Gasteiger partial charge in [0.15, 0.2) is 0 Å². The highest BCUT2D eigenvalue weighted by atomic mass is 16.4. The van der Waals surface area contributed by atoms with Crippen molar-refractivity contribution in [3.8, 4) is 5.82 Å². The molecule has 0 fully saturated rings. The van der Waals surface area contributed by atoms with Crippen molar-refractivity contribution in [2.75, 3.05) is 13.1 Å². The molecule has 2 rings (SSSR count). The average Bonchev–Trinajstić information content (AvgIpc) is 3.05. The molecule has 0 aliphatic heterocycles. The van der Waals surface area contributed by atoms with E-state index in [9.17, 15) is 9.59 Å². The predicted octanol–water partition coefficient (Wildman–Crippen LogP) is 0.924. The highest BCUT2D eigenvalue weighted by Crippen LogP contribution is 2.16. The van der Waals surface area contributed by atoms with Crippen molar-refractivity contribution >= 4 is 11.9 Å². The number of carbonyl (C=O) groups is 2. The van der Waals surface area contributed by atoms with Crippen LogP contribution in [0.2, 0.25) is 0 Å². The van der Waals surface area contributed by atoms with E-state index in [-0.39, 0.29) is 13.1 Å². The second kappa shape index (κ2) is 6.08. The Morgan fingerprint density at radius 3 is 2.67 bits per heavy atom. The average molecular weight is 288 g/mol. The molecule has 0 saturated heterocycles. The molecule has 0 saturated carbocycles. The van der Waals surface area contributed by atoms with Crippen molar-refractivity contribution in [3.05, 3.63) is 48.9 Å². The molecule has 2 aromatic rings. The van der Waals surface area contributed by atoms with Crippen LogP contribution in [0, 0.1) is 0 Å². The van der Waals surface area contributed by atoms with Gasteiger partial charge in [0.05, 0.1) is 6.20 Å². The number of hydrogen-bond acceptors (Lipinski definition) is 3. The minimum Gasteiger partial charge on any atom is -0.480 e. The fraction of sp³-hybridized carbons (Fsp3) is 0.214. The lowest BCUT2D eigenvalue weighted by Crippen LogP contribution is -2.36. The number of aromatic nitrogens is 3. The van der Waals surface area contributed by atoms with E-state index in [0.29, 0.717) is 11.4 Å². The van der Waals surface area contributed by atoms with E-state index in [1.54, 1.807) is 28.7 Å². The molecule has 7 nitrogen and oxygen atoms in total. The lowest BCUT2D eigenvalue weighted by atomic mass is 10.2. The van der Waals surface area contributed by atoms with Crippen molar-refractivity contribution in [3.63, 3.8) is 0 Å². The monoisotopic (exact) mass is 288 g/mol. The Morgan fingerprint density at radius 1 is 1.43 bits per heavy atom. The summed E-state index contributed by atoms with van der Waals surface area (Å²) in [4.78, 5) is 24.6. The smallest absolute Gasteiger partial charge is 0.323 e. The lowest BCUT2D eigenvalue weighted by molar-refractivity contribution is -0.137. The zero-order valence-electron chi connectivity index (χ0n) is 11.6. The second-order valence-electron chi connectivity index (χ2n) is 4.46. The van der Waals surface area contributed by atoms with Crippen molar-refractivity contribution in [1.82, 2.24) is 19.2 Å². The van der Waals surface area contributed by atoms with Crippen LogP contribution in [0.5, 0.6) is 0 Å². The molecule has 0 unspecified atom stereocenters. The van der Waals surface area contributed by atoms with E-state index in [1.165, 1.54) is 17.2 Å². The Bertz CT molecular complexity index is 658. The van der Waals surface area contributed by atoms with E-state index in [4.69, 9.17) is 5.11 Å². The lowest BCUT2D eigenvalue weighted by Gasteiger charge is -2.19. The molecule has 1 amide bonds. The van der Waals surface area contributed by atoms with Gasteiger partial charge in [-0.1, -0.05) is 6.08 Å². The van der Waals surface area contributed by atoms with E-state index < -0.39 is 11.9 Å². The Labute approximate surface area is 121 Å². The van der Waals surface area contributed by atoms with Crippen molar-refractivity contribution in [2.45, 2.75) is 0 Å². The van der Waals surface area contributed by atoms with Crippen LogP contribution in [0.4, 0.5) is 0 Å². The topological polar surface area (TPSA) is 80.4 Å². The SMILES string of the molecule is C=CCN(CC(=O)O)C(=O)c1cnn(C)c1-n1cccc1. The highest BCUT2D eigenvalue weighted by molar-refractivity contribution is 5.98. The fourth-order valence-electron chi connectivity index (χ4n) is 2.07. The quantitative estimate of drug-likeness (QED) is 0.802. The van der Waals surface area contributed by atoms with Crippen molar-refractivity contribution in [1.29, 1.82) is 0 Å². The molecule has 0 spiro atoms. The molecule has 2 aromatic heterocycles. The van der Waals surface area contributed by atoms with Gasteiger partial charge < -0.3 is 14.6 Å². The van der Waals surface area contributed by atoms with Crippen LogP contribution in [0.15, 0.2) is 43.4 Å². The van der Waals surface area contributed by atoms with Gasteiger partial charge in [-0.3, -0.25) is 14.3 Å². The van der Waals surface area contributed by atoms with Gasteiger partial charge in [0.2, 0.25) is 0 Å². The maximum Gasteiger partial charge on any atom is 0.323 e. The molecule has 7 heteroatoms. The van der Waals surface area contributed by atoms with Gasteiger partial charge in [0, 0.05) is 26.0 Å². The van der Waals surface area contributed by atoms with E-state index >= 15 is 0 Å². The number of aryl methyl sites for hydroxylation is 1. The van der Waals surface area contributed by atoms with Crippen LogP contribution in [0.3, 0.4) is 0 Å². The Kier molecular flexibility index (Phi) is 4.22. The van der Waals surface area contributed by atoms with Crippen LogP contribution in [0.25, 0.3) is 5.82 Å². The highest BCUT2D eigenvalue weighted by Gasteiger charge is 2.23. The summed E-state index contributed by atoms with van der Waals surface area (Å²) >= 11 is 0. The first-order valence-electron chi connectivity index (χ1n) is 6.32. The third-order valence-electron chi connectivity index (χ3n) is 2.95. The van der Waals surface area contributed by atoms with Gasteiger partial charge in [0.25, 0.3) is 5.91 Å². The summed E-state index contributed by atoms with van der Waals surface area (Å²) in [6, 6.07) is 3.67. The zero-order chi connectivity index (χ0) is 15.4. The maximum absolute atomic E-state index is 12.5. The first-order valence-corrected chi connectivity index (χ1v) is 6.32.